The first kappa shape index (κ1) is 24.1. The quantitative estimate of drug-likeness (QED) is 0.430. The molecular weight excluding hydrogens is 380 g/mol. The van der Waals surface area contributed by atoms with Gasteiger partial charge >= 0.3 is 0 Å². The smallest absolute Gasteiger partial charge is 0.0701 e. The summed E-state index contributed by atoms with van der Waals surface area (Å²) in [6.07, 6.45) is 17.4. The molecule has 4 rings (SSSR count). The Hall–Kier alpha value is -0.0800. The average Bonchev–Trinajstić information content (AvgIpc) is 3.09. The van der Waals surface area contributed by atoms with Gasteiger partial charge in [0.05, 0.1) is 19.3 Å². The van der Waals surface area contributed by atoms with E-state index in [-0.39, 0.29) is 6.61 Å². The molecule has 4 unspecified atom stereocenters. The van der Waals surface area contributed by atoms with Gasteiger partial charge in [0.2, 0.25) is 0 Å². The molecule has 0 amide bonds. The second-order valence-corrected chi connectivity index (χ2v) is 13.2. The van der Waals surface area contributed by atoms with Crippen LogP contribution in [0.3, 0.4) is 0 Å². The van der Waals surface area contributed by atoms with E-state index in [0.29, 0.717) is 23.5 Å². The minimum Gasteiger partial charge on any atom is -0.394 e. The van der Waals surface area contributed by atoms with Crippen LogP contribution in [0.4, 0.5) is 0 Å². The highest BCUT2D eigenvalue weighted by Gasteiger charge is 2.60. The van der Waals surface area contributed by atoms with E-state index in [0.717, 1.165) is 41.4 Å². The van der Waals surface area contributed by atoms with Crippen molar-refractivity contribution >= 4 is 0 Å². The molecule has 0 aromatic heterocycles. The Bertz CT molecular complexity index is 587. The highest BCUT2D eigenvalue weighted by molar-refractivity contribution is 5.09. The van der Waals surface area contributed by atoms with Crippen LogP contribution in [-0.2, 0) is 4.74 Å². The van der Waals surface area contributed by atoms with Gasteiger partial charge in [-0.25, -0.2) is 0 Å². The summed E-state index contributed by atoms with van der Waals surface area (Å²) < 4.78 is 5.98. The van der Waals surface area contributed by atoms with Crippen molar-refractivity contribution in [3.63, 3.8) is 0 Å². The predicted molar refractivity (Wildman–Crippen MR) is 130 cm³/mol. The first-order chi connectivity index (χ1) is 14.8. The molecule has 0 aromatic rings. The predicted octanol–water partition coefficient (Wildman–Crippen LogP) is 7.49. The third-order valence-corrected chi connectivity index (χ3v) is 11.3. The fraction of sp³-hybridized carbons (Fsp3) is 1.00. The molecule has 9 atom stereocenters. The zero-order chi connectivity index (χ0) is 22.2. The van der Waals surface area contributed by atoms with Gasteiger partial charge in [0.15, 0.2) is 0 Å². The molecule has 0 heterocycles. The molecule has 0 aliphatic heterocycles. The molecule has 180 valence electrons. The summed E-state index contributed by atoms with van der Waals surface area (Å²) >= 11 is 0. The van der Waals surface area contributed by atoms with Gasteiger partial charge in [0.25, 0.3) is 0 Å². The summed E-state index contributed by atoms with van der Waals surface area (Å²) in [7, 11) is 0. The highest BCUT2D eigenvalue weighted by atomic mass is 16.5. The van der Waals surface area contributed by atoms with Crippen LogP contribution in [0.25, 0.3) is 0 Å². The number of aliphatic hydroxyl groups is 1. The van der Waals surface area contributed by atoms with Crippen molar-refractivity contribution in [2.24, 2.45) is 52.3 Å². The summed E-state index contributed by atoms with van der Waals surface area (Å²) in [5.41, 5.74) is 1.16. The normalized spacial score (nSPS) is 45.8. The lowest BCUT2D eigenvalue weighted by Crippen LogP contribution is -2.54. The molecule has 2 nitrogen and oxygen atoms in total. The third kappa shape index (κ3) is 4.51. The maximum absolute atomic E-state index is 9.15. The number of fused-ring (bicyclic) bond motifs is 5. The van der Waals surface area contributed by atoms with E-state index in [1.54, 1.807) is 0 Å². The van der Waals surface area contributed by atoms with E-state index < -0.39 is 0 Å². The topological polar surface area (TPSA) is 29.5 Å². The van der Waals surface area contributed by atoms with Crippen LogP contribution >= 0.6 is 0 Å². The number of hydrogen-bond donors (Lipinski definition) is 1. The fourth-order valence-corrected chi connectivity index (χ4v) is 9.61. The number of ether oxygens (including phenoxy) is 1. The lowest BCUT2D eigenvalue weighted by Gasteiger charge is -2.61. The maximum atomic E-state index is 9.15. The average molecular weight is 433 g/mol. The standard InChI is InChI=1S/C29H52O2/c1-20(2)7-6-8-21(3)25-11-12-26-24-10-9-22-19-23(31-18-17-30)13-15-28(22,4)27(24)14-16-29(25,26)5/h20-27,30H,6-19H2,1-5H3/t21-,22-,23+,24?,25?,26?,27?,28+,29-/m1/s1. The summed E-state index contributed by atoms with van der Waals surface area (Å²) in [5.74, 6) is 6.53. The second-order valence-electron chi connectivity index (χ2n) is 13.2. The molecule has 4 aliphatic rings. The maximum Gasteiger partial charge on any atom is 0.0701 e. The van der Waals surface area contributed by atoms with Gasteiger partial charge in [-0.3, -0.25) is 0 Å². The van der Waals surface area contributed by atoms with Crippen LogP contribution < -0.4 is 0 Å². The van der Waals surface area contributed by atoms with Crippen molar-refractivity contribution in [3.05, 3.63) is 0 Å². The van der Waals surface area contributed by atoms with Crippen molar-refractivity contribution in [3.8, 4) is 0 Å². The third-order valence-electron chi connectivity index (χ3n) is 11.3. The summed E-state index contributed by atoms with van der Waals surface area (Å²) in [5, 5.41) is 9.15. The summed E-state index contributed by atoms with van der Waals surface area (Å²) in [6, 6.07) is 0. The monoisotopic (exact) mass is 432 g/mol. The molecule has 31 heavy (non-hydrogen) atoms. The molecular formula is C29H52O2. The van der Waals surface area contributed by atoms with Crippen LogP contribution in [-0.4, -0.2) is 24.4 Å². The van der Waals surface area contributed by atoms with Crippen LogP contribution in [0.5, 0.6) is 0 Å². The number of hydrogen-bond acceptors (Lipinski definition) is 2. The van der Waals surface area contributed by atoms with Gasteiger partial charge in [0.1, 0.15) is 0 Å². The highest BCUT2D eigenvalue weighted by Crippen LogP contribution is 2.68. The van der Waals surface area contributed by atoms with E-state index >= 15 is 0 Å². The Balaban J connectivity index is 1.41. The van der Waals surface area contributed by atoms with Crippen LogP contribution in [0.2, 0.25) is 0 Å². The van der Waals surface area contributed by atoms with Gasteiger partial charge in [-0.15, -0.1) is 0 Å². The lowest BCUT2D eigenvalue weighted by molar-refractivity contribution is -0.138. The van der Waals surface area contributed by atoms with E-state index in [2.05, 4.69) is 34.6 Å². The Morgan fingerprint density at radius 3 is 2.35 bits per heavy atom. The van der Waals surface area contributed by atoms with Crippen molar-refractivity contribution in [1.82, 2.24) is 0 Å². The minimum absolute atomic E-state index is 0.167. The zero-order valence-corrected chi connectivity index (χ0v) is 21.4. The second kappa shape index (κ2) is 9.65. The van der Waals surface area contributed by atoms with Gasteiger partial charge in [0, 0.05) is 0 Å². The van der Waals surface area contributed by atoms with Crippen LogP contribution in [0.15, 0.2) is 0 Å². The minimum atomic E-state index is 0.167. The van der Waals surface area contributed by atoms with Gasteiger partial charge in [-0.2, -0.15) is 0 Å². The molecule has 0 spiro atoms. The molecule has 4 saturated carbocycles. The van der Waals surface area contributed by atoms with E-state index in [1.807, 2.05) is 0 Å². The SMILES string of the molecule is CC(C)CCC[C@@H](C)C1CCC2C3CC[C@@H]4C[C@@H](OCCO)CC[C@]4(C)C3CC[C@@]21C. The van der Waals surface area contributed by atoms with Crippen LogP contribution in [0.1, 0.15) is 112 Å². The first-order valence-corrected chi connectivity index (χ1v) is 14.0. The van der Waals surface area contributed by atoms with Gasteiger partial charge in [-0.05, 0) is 110 Å². The van der Waals surface area contributed by atoms with E-state index in [4.69, 9.17) is 9.84 Å². The van der Waals surface area contributed by atoms with E-state index in [9.17, 15) is 0 Å². The van der Waals surface area contributed by atoms with Gasteiger partial charge in [-0.1, -0.05) is 53.9 Å². The molecule has 2 heteroatoms. The van der Waals surface area contributed by atoms with Crippen molar-refractivity contribution < 1.29 is 9.84 Å². The van der Waals surface area contributed by atoms with Crippen molar-refractivity contribution in [2.45, 2.75) is 118 Å². The van der Waals surface area contributed by atoms with Crippen LogP contribution in [0, 0.1) is 52.3 Å². The molecule has 1 N–H and O–H groups in total. The molecule has 4 fully saturated rings. The number of aliphatic hydroxyl groups excluding tert-OH is 1. The van der Waals surface area contributed by atoms with Crippen molar-refractivity contribution in [1.29, 1.82) is 0 Å². The molecule has 0 aromatic carbocycles. The first-order valence-electron chi connectivity index (χ1n) is 14.0. The van der Waals surface area contributed by atoms with Crippen molar-refractivity contribution in [2.75, 3.05) is 13.2 Å². The molecule has 0 radical (unpaired) electrons. The molecule has 0 saturated heterocycles. The van der Waals surface area contributed by atoms with Gasteiger partial charge < -0.3 is 9.84 Å². The largest absolute Gasteiger partial charge is 0.394 e. The lowest BCUT2D eigenvalue weighted by atomic mass is 9.44. The fourth-order valence-electron chi connectivity index (χ4n) is 9.61. The molecule has 0 bridgehead atoms. The van der Waals surface area contributed by atoms with E-state index in [1.165, 1.54) is 77.0 Å². The summed E-state index contributed by atoms with van der Waals surface area (Å²) in [6.45, 7) is 13.4. The Morgan fingerprint density at radius 1 is 0.871 bits per heavy atom. The molecule has 4 aliphatic carbocycles. The summed E-state index contributed by atoms with van der Waals surface area (Å²) in [4.78, 5) is 0. The Morgan fingerprint density at radius 2 is 1.61 bits per heavy atom. The Kier molecular flexibility index (Phi) is 7.49. The Labute approximate surface area is 193 Å². The zero-order valence-electron chi connectivity index (χ0n) is 21.4. The number of rotatable bonds is 8.